The second kappa shape index (κ2) is 14.4. The number of hydrogen-bond donors (Lipinski definition) is 1. The molecule has 0 aliphatic carbocycles. The number of nitrogens with one attached hydrogen (secondary N) is 1. The smallest absolute Gasteiger partial charge is 0.216 e. The molecule has 0 heterocycles. The van der Waals surface area contributed by atoms with Crippen LogP contribution in [-0.2, 0) is 9.53 Å². The van der Waals surface area contributed by atoms with E-state index in [9.17, 15) is 4.79 Å². The number of carbonyl (C=O) groups excluding carboxylic acids is 1. The van der Waals surface area contributed by atoms with Crippen molar-refractivity contribution < 1.29 is 9.53 Å². The van der Waals surface area contributed by atoms with E-state index in [4.69, 9.17) is 4.74 Å². The van der Waals surface area contributed by atoms with Gasteiger partial charge in [-0.2, -0.15) is 0 Å². The van der Waals surface area contributed by atoms with E-state index in [2.05, 4.69) is 19.2 Å². The van der Waals surface area contributed by atoms with Gasteiger partial charge in [-0.3, -0.25) is 4.79 Å². The second-order valence-corrected chi connectivity index (χ2v) is 3.82. The molecule has 1 N–H and O–H groups in total. The predicted octanol–water partition coefficient (Wildman–Crippen LogP) is 3.13. The Morgan fingerprint density at radius 2 is 1.69 bits per heavy atom. The molecule has 3 heteroatoms. The average Bonchev–Trinajstić information content (AvgIpc) is 2.24. The topological polar surface area (TPSA) is 38.3 Å². The Labute approximate surface area is 101 Å². The lowest BCUT2D eigenvalue weighted by atomic mass is 10.2. The van der Waals surface area contributed by atoms with E-state index in [1.165, 1.54) is 12.8 Å². The first-order valence-corrected chi connectivity index (χ1v) is 6.49. The summed E-state index contributed by atoms with van der Waals surface area (Å²) in [6, 6.07) is 0. The monoisotopic (exact) mass is 231 g/mol. The number of unbranched alkanes of at least 4 members (excludes halogenated alkanes) is 3. The fourth-order valence-electron chi connectivity index (χ4n) is 1.16. The molecule has 0 saturated carbocycles. The lowest BCUT2D eigenvalue weighted by molar-refractivity contribution is -0.118. The quantitative estimate of drug-likeness (QED) is 0.652. The number of amides is 1. The highest BCUT2D eigenvalue weighted by Gasteiger charge is 1.94. The van der Waals surface area contributed by atoms with Crippen LogP contribution in [0.1, 0.15) is 60.3 Å². The zero-order chi connectivity index (χ0) is 12.8. The van der Waals surface area contributed by atoms with Gasteiger partial charge >= 0.3 is 0 Å². The van der Waals surface area contributed by atoms with Crippen LogP contribution < -0.4 is 5.32 Å². The molecule has 0 aromatic rings. The van der Waals surface area contributed by atoms with Crippen molar-refractivity contribution in [2.24, 2.45) is 0 Å². The van der Waals surface area contributed by atoms with Crippen molar-refractivity contribution in [2.45, 2.75) is 66.4 Å². The minimum atomic E-state index is 0.0631. The van der Waals surface area contributed by atoms with E-state index < -0.39 is 0 Å². The lowest BCUT2D eigenvalue weighted by Crippen LogP contribution is -2.20. The van der Waals surface area contributed by atoms with Gasteiger partial charge in [0, 0.05) is 20.1 Å². The van der Waals surface area contributed by atoms with Gasteiger partial charge < -0.3 is 10.1 Å². The second-order valence-electron chi connectivity index (χ2n) is 3.82. The van der Waals surface area contributed by atoms with Crippen molar-refractivity contribution >= 4 is 5.91 Å². The van der Waals surface area contributed by atoms with Crippen molar-refractivity contribution in [1.82, 2.24) is 5.32 Å². The van der Waals surface area contributed by atoms with Gasteiger partial charge in [0.1, 0.15) is 0 Å². The molecule has 0 radical (unpaired) electrons. The molecule has 98 valence electrons. The SMILES string of the molecule is CC.CC(=O)NCCCCCCOC(C)C. The fraction of sp³-hybridized carbons (Fsp3) is 0.923. The first kappa shape index (κ1) is 17.8. The summed E-state index contributed by atoms with van der Waals surface area (Å²) in [4.78, 5) is 10.5. The molecule has 0 aromatic carbocycles. The molecule has 3 nitrogen and oxygen atoms in total. The Hall–Kier alpha value is -0.570. The van der Waals surface area contributed by atoms with Crippen molar-refractivity contribution in [3.8, 4) is 0 Å². The molecule has 0 atom stereocenters. The van der Waals surface area contributed by atoms with Gasteiger partial charge in [0.15, 0.2) is 0 Å². The zero-order valence-electron chi connectivity index (χ0n) is 11.6. The van der Waals surface area contributed by atoms with Gasteiger partial charge in [-0.1, -0.05) is 26.7 Å². The first-order valence-electron chi connectivity index (χ1n) is 6.49. The van der Waals surface area contributed by atoms with E-state index in [0.29, 0.717) is 6.10 Å². The van der Waals surface area contributed by atoms with E-state index in [-0.39, 0.29) is 5.91 Å². The van der Waals surface area contributed by atoms with Crippen LogP contribution in [-0.4, -0.2) is 25.2 Å². The van der Waals surface area contributed by atoms with Crippen LogP contribution >= 0.6 is 0 Å². The van der Waals surface area contributed by atoms with Crippen molar-refractivity contribution in [3.63, 3.8) is 0 Å². The Balaban J connectivity index is 0. The van der Waals surface area contributed by atoms with Crippen LogP contribution in [0.3, 0.4) is 0 Å². The summed E-state index contributed by atoms with van der Waals surface area (Å²) < 4.78 is 5.42. The number of ether oxygens (including phenoxy) is 1. The minimum absolute atomic E-state index is 0.0631. The van der Waals surface area contributed by atoms with Gasteiger partial charge in [-0.15, -0.1) is 0 Å². The predicted molar refractivity (Wildman–Crippen MR) is 69.6 cm³/mol. The van der Waals surface area contributed by atoms with Gasteiger partial charge in [0.2, 0.25) is 5.91 Å². The standard InChI is InChI=1S/C11H23NO2.C2H6/c1-10(2)14-9-7-5-4-6-8-12-11(3)13;1-2/h10H,4-9H2,1-3H3,(H,12,13);1-2H3. The highest BCUT2D eigenvalue weighted by atomic mass is 16.5. The van der Waals surface area contributed by atoms with E-state index >= 15 is 0 Å². The van der Waals surface area contributed by atoms with Gasteiger partial charge in [-0.25, -0.2) is 0 Å². The summed E-state index contributed by atoms with van der Waals surface area (Å²) in [5.41, 5.74) is 0. The molecule has 0 rings (SSSR count). The average molecular weight is 231 g/mol. The molecule has 0 aliphatic rings. The normalized spacial score (nSPS) is 9.62. The Morgan fingerprint density at radius 3 is 2.19 bits per heavy atom. The van der Waals surface area contributed by atoms with E-state index in [0.717, 1.165) is 26.0 Å². The highest BCUT2D eigenvalue weighted by Crippen LogP contribution is 2.00. The van der Waals surface area contributed by atoms with Crippen LogP contribution in [0, 0.1) is 0 Å². The Bertz CT molecular complexity index is 147. The Morgan fingerprint density at radius 1 is 1.12 bits per heavy atom. The first-order chi connectivity index (χ1) is 7.63. The number of carbonyl (C=O) groups is 1. The molecule has 1 amide bonds. The lowest BCUT2D eigenvalue weighted by Gasteiger charge is -2.06. The van der Waals surface area contributed by atoms with Gasteiger partial charge in [0.05, 0.1) is 6.10 Å². The molecule has 0 spiro atoms. The largest absolute Gasteiger partial charge is 0.379 e. The molecule has 0 bridgehead atoms. The summed E-state index contributed by atoms with van der Waals surface area (Å²) >= 11 is 0. The van der Waals surface area contributed by atoms with Crippen LogP contribution in [0.5, 0.6) is 0 Å². The molecule has 0 unspecified atom stereocenters. The third kappa shape index (κ3) is 19.1. The number of hydrogen-bond acceptors (Lipinski definition) is 2. The maximum absolute atomic E-state index is 10.5. The summed E-state index contributed by atoms with van der Waals surface area (Å²) in [5.74, 6) is 0.0631. The maximum atomic E-state index is 10.5. The van der Waals surface area contributed by atoms with Crippen molar-refractivity contribution in [1.29, 1.82) is 0 Å². The van der Waals surface area contributed by atoms with E-state index in [1.54, 1.807) is 6.92 Å². The summed E-state index contributed by atoms with van der Waals surface area (Å²) in [6.45, 7) is 11.3. The third-order valence-corrected chi connectivity index (χ3v) is 1.90. The van der Waals surface area contributed by atoms with Crippen molar-refractivity contribution in [3.05, 3.63) is 0 Å². The van der Waals surface area contributed by atoms with Crippen molar-refractivity contribution in [2.75, 3.05) is 13.2 Å². The molecular formula is C13H29NO2. The van der Waals surface area contributed by atoms with Crippen LogP contribution in [0.2, 0.25) is 0 Å². The highest BCUT2D eigenvalue weighted by molar-refractivity contribution is 5.72. The summed E-state index contributed by atoms with van der Waals surface area (Å²) in [6.07, 6.45) is 4.89. The molecule has 0 fully saturated rings. The summed E-state index contributed by atoms with van der Waals surface area (Å²) in [7, 11) is 0. The Kier molecular flexibility index (Phi) is 16.1. The maximum Gasteiger partial charge on any atom is 0.216 e. The molecule has 0 aliphatic heterocycles. The van der Waals surface area contributed by atoms with E-state index in [1.807, 2.05) is 13.8 Å². The molecule has 16 heavy (non-hydrogen) atoms. The van der Waals surface area contributed by atoms with Gasteiger partial charge in [-0.05, 0) is 26.7 Å². The fourth-order valence-corrected chi connectivity index (χ4v) is 1.16. The number of rotatable bonds is 8. The summed E-state index contributed by atoms with van der Waals surface area (Å²) in [5, 5.41) is 2.78. The van der Waals surface area contributed by atoms with Crippen LogP contribution in [0.25, 0.3) is 0 Å². The van der Waals surface area contributed by atoms with Crippen LogP contribution in [0.4, 0.5) is 0 Å². The molecule has 0 saturated heterocycles. The molecular weight excluding hydrogens is 202 g/mol. The third-order valence-electron chi connectivity index (χ3n) is 1.90. The molecule has 0 aromatic heterocycles. The van der Waals surface area contributed by atoms with Crippen LogP contribution in [0.15, 0.2) is 0 Å². The minimum Gasteiger partial charge on any atom is -0.379 e. The zero-order valence-corrected chi connectivity index (χ0v) is 11.6. The van der Waals surface area contributed by atoms with Gasteiger partial charge in [0.25, 0.3) is 0 Å².